The molecule has 11 nitrogen and oxygen atoms in total. The van der Waals surface area contributed by atoms with Gasteiger partial charge in [-0.1, -0.05) is 128 Å². The molecule has 0 spiro atoms. The molecule has 50 heavy (non-hydrogen) atoms. The van der Waals surface area contributed by atoms with Crippen LogP contribution in [0.5, 0.6) is 0 Å². The topological polar surface area (TPSA) is 140 Å². The largest absolute Gasteiger partial charge is 0.460 e. The zero-order valence-corrected chi connectivity index (χ0v) is 27.5. The summed E-state index contributed by atoms with van der Waals surface area (Å²) < 4.78 is 17.2. The predicted molar refractivity (Wildman–Crippen MR) is 181 cm³/mol. The fourth-order valence-electron chi connectivity index (χ4n) is 6.63. The van der Waals surface area contributed by atoms with E-state index < -0.39 is 72.1 Å². The lowest BCUT2D eigenvalue weighted by Gasteiger charge is -2.46. The Morgan fingerprint density at radius 1 is 0.760 bits per heavy atom. The summed E-state index contributed by atoms with van der Waals surface area (Å²) in [5, 5.41) is 5.35. The van der Waals surface area contributed by atoms with Crippen molar-refractivity contribution in [1.82, 2.24) is 15.5 Å². The van der Waals surface area contributed by atoms with Gasteiger partial charge in [-0.25, -0.2) is 9.59 Å². The molecule has 2 heterocycles. The maximum absolute atomic E-state index is 14.0. The molecule has 2 aliphatic heterocycles. The van der Waals surface area contributed by atoms with Crippen LogP contribution in [-0.4, -0.2) is 59.0 Å². The second kappa shape index (κ2) is 15.1. The molecule has 11 heteroatoms. The van der Waals surface area contributed by atoms with Crippen LogP contribution in [-0.2, 0) is 40.0 Å². The highest BCUT2D eigenvalue weighted by Gasteiger charge is 2.66. The molecule has 4 aromatic carbocycles. The van der Waals surface area contributed by atoms with E-state index in [0.29, 0.717) is 5.56 Å². The average molecular weight is 676 g/mol. The minimum atomic E-state index is -1.22. The van der Waals surface area contributed by atoms with Crippen LogP contribution in [0.2, 0.25) is 0 Å². The number of carbonyl (C=O) groups excluding carboxylic acids is 5. The van der Waals surface area contributed by atoms with E-state index >= 15 is 0 Å². The fourth-order valence-corrected chi connectivity index (χ4v) is 6.63. The van der Waals surface area contributed by atoms with Crippen molar-refractivity contribution in [3.05, 3.63) is 144 Å². The number of fused-ring (bicyclic) bond motifs is 1. The second-order valence-electron chi connectivity index (χ2n) is 12.3. The zero-order chi connectivity index (χ0) is 35.2. The summed E-state index contributed by atoms with van der Waals surface area (Å²) in [5.74, 6) is -3.15. The molecule has 5 unspecified atom stereocenters. The Balaban J connectivity index is 1.21. The van der Waals surface area contributed by atoms with Gasteiger partial charge in [0.05, 0.1) is 6.04 Å². The summed E-state index contributed by atoms with van der Waals surface area (Å²) in [6, 6.07) is 31.8. The summed E-state index contributed by atoms with van der Waals surface area (Å²) in [5.41, 5.74) is 2.71. The molecule has 0 saturated carbocycles. The highest BCUT2D eigenvalue weighted by Crippen LogP contribution is 2.43. The Kier molecular flexibility index (Phi) is 10.2. The average Bonchev–Trinajstić information content (AvgIpc) is 3.39. The SMILES string of the molecule is CC(=O)OC1C(C)C(C(=O)OC(c2ccccc2)c2ccccc2)N2C(=O)C(NC(=O)C(NC(=O)OCc3ccccc3)c3ccccc3)[C@@H]12. The number of carbonyl (C=O) groups is 5. The molecule has 2 aliphatic rings. The molecule has 2 saturated heterocycles. The number of ether oxygens (including phenoxy) is 3. The molecule has 0 bridgehead atoms. The molecular formula is C39H37N3O8. The van der Waals surface area contributed by atoms with Crippen LogP contribution in [0.4, 0.5) is 4.79 Å². The van der Waals surface area contributed by atoms with Crippen molar-refractivity contribution in [3.8, 4) is 0 Å². The molecule has 0 radical (unpaired) electrons. The van der Waals surface area contributed by atoms with E-state index in [2.05, 4.69) is 10.6 Å². The van der Waals surface area contributed by atoms with Crippen LogP contribution in [0.3, 0.4) is 0 Å². The Bertz CT molecular complexity index is 1780. The van der Waals surface area contributed by atoms with Crippen molar-refractivity contribution in [2.45, 2.75) is 56.8 Å². The van der Waals surface area contributed by atoms with E-state index in [0.717, 1.165) is 16.7 Å². The van der Waals surface area contributed by atoms with E-state index in [9.17, 15) is 24.0 Å². The lowest BCUT2D eigenvalue weighted by atomic mass is 9.91. The third-order valence-electron chi connectivity index (χ3n) is 8.99. The van der Waals surface area contributed by atoms with E-state index in [-0.39, 0.29) is 6.61 Å². The lowest BCUT2D eigenvalue weighted by Crippen LogP contribution is -2.73. The van der Waals surface area contributed by atoms with E-state index in [1.807, 2.05) is 78.9 Å². The molecule has 256 valence electrons. The van der Waals surface area contributed by atoms with Crippen molar-refractivity contribution in [2.24, 2.45) is 5.92 Å². The summed E-state index contributed by atoms with van der Waals surface area (Å²) in [7, 11) is 0. The van der Waals surface area contributed by atoms with Gasteiger partial charge in [0.1, 0.15) is 30.8 Å². The number of rotatable bonds is 11. The first-order valence-electron chi connectivity index (χ1n) is 16.3. The van der Waals surface area contributed by atoms with Crippen molar-refractivity contribution in [2.75, 3.05) is 0 Å². The number of benzene rings is 4. The number of esters is 2. The maximum Gasteiger partial charge on any atom is 0.408 e. The number of β-lactam (4-membered cyclic amide) rings is 1. The highest BCUT2D eigenvalue weighted by molar-refractivity contribution is 5.99. The van der Waals surface area contributed by atoms with Crippen molar-refractivity contribution in [1.29, 1.82) is 0 Å². The van der Waals surface area contributed by atoms with Crippen molar-refractivity contribution in [3.63, 3.8) is 0 Å². The van der Waals surface area contributed by atoms with Crippen LogP contribution < -0.4 is 10.6 Å². The Labute approximate surface area is 289 Å². The van der Waals surface area contributed by atoms with E-state index in [1.165, 1.54) is 11.8 Å². The number of amides is 3. The van der Waals surface area contributed by atoms with Gasteiger partial charge in [-0.15, -0.1) is 0 Å². The predicted octanol–water partition coefficient (Wildman–Crippen LogP) is 4.63. The summed E-state index contributed by atoms with van der Waals surface area (Å²) in [4.78, 5) is 68.0. The second-order valence-corrected chi connectivity index (χ2v) is 12.3. The molecule has 2 fully saturated rings. The third kappa shape index (κ3) is 7.21. The molecule has 3 amide bonds. The van der Waals surface area contributed by atoms with Gasteiger partial charge in [0, 0.05) is 12.8 Å². The number of alkyl carbamates (subject to hydrolysis) is 1. The van der Waals surface area contributed by atoms with Gasteiger partial charge in [-0.2, -0.15) is 0 Å². The Morgan fingerprint density at radius 3 is 1.82 bits per heavy atom. The lowest BCUT2D eigenvalue weighted by molar-refractivity contribution is -0.169. The van der Waals surface area contributed by atoms with Gasteiger partial charge >= 0.3 is 18.0 Å². The van der Waals surface area contributed by atoms with Crippen molar-refractivity contribution >= 4 is 29.8 Å². The first-order valence-corrected chi connectivity index (χ1v) is 16.3. The highest BCUT2D eigenvalue weighted by atomic mass is 16.6. The van der Waals surface area contributed by atoms with Crippen LogP contribution >= 0.6 is 0 Å². The number of nitrogens with one attached hydrogen (secondary N) is 2. The monoisotopic (exact) mass is 675 g/mol. The molecule has 0 aliphatic carbocycles. The Hall–Kier alpha value is -5.97. The van der Waals surface area contributed by atoms with Gasteiger partial charge < -0.3 is 29.7 Å². The van der Waals surface area contributed by atoms with Crippen LogP contribution in [0.25, 0.3) is 0 Å². The van der Waals surface area contributed by atoms with E-state index in [4.69, 9.17) is 14.2 Å². The van der Waals surface area contributed by atoms with Gasteiger partial charge in [0.25, 0.3) is 0 Å². The van der Waals surface area contributed by atoms with Crippen LogP contribution in [0.15, 0.2) is 121 Å². The van der Waals surface area contributed by atoms with Crippen LogP contribution in [0, 0.1) is 5.92 Å². The number of nitrogens with zero attached hydrogens (tertiary/aromatic N) is 1. The smallest absolute Gasteiger partial charge is 0.408 e. The first kappa shape index (κ1) is 33.9. The summed E-state index contributed by atoms with van der Waals surface area (Å²) in [6.45, 7) is 2.94. The van der Waals surface area contributed by atoms with Gasteiger partial charge in [0.2, 0.25) is 11.8 Å². The Morgan fingerprint density at radius 2 is 1.28 bits per heavy atom. The molecule has 6 rings (SSSR count). The van der Waals surface area contributed by atoms with Crippen LogP contribution in [0.1, 0.15) is 48.2 Å². The standard InChI is InChI=1S/C39H37N3O8/c1-24-32(38(46)50-35(28-19-11-5-12-20-28)29-21-13-6-14-22-29)42-33(34(24)49-25(2)43)31(37(42)45)40-36(44)30(27-17-9-4-10-18-27)41-39(47)48-23-26-15-7-3-8-16-26/h3-22,24,30-35H,23H2,1-2H3,(H,40,44)(H,41,47)/t24?,30?,31?,32?,33-,34?/m0/s1. The normalized spacial score (nSPS) is 21.3. The molecule has 6 atom stereocenters. The number of hydrogen-bond donors (Lipinski definition) is 2. The number of hydrogen-bond acceptors (Lipinski definition) is 8. The maximum atomic E-state index is 14.0. The summed E-state index contributed by atoms with van der Waals surface area (Å²) >= 11 is 0. The minimum absolute atomic E-state index is 0.0111. The first-order chi connectivity index (χ1) is 24.2. The third-order valence-corrected chi connectivity index (χ3v) is 8.99. The molecule has 4 aromatic rings. The van der Waals surface area contributed by atoms with Crippen molar-refractivity contribution < 1.29 is 38.2 Å². The van der Waals surface area contributed by atoms with Gasteiger partial charge in [-0.05, 0) is 22.3 Å². The summed E-state index contributed by atoms with van der Waals surface area (Å²) in [6.07, 6.45) is -2.51. The van der Waals surface area contributed by atoms with Gasteiger partial charge in [-0.3, -0.25) is 14.4 Å². The zero-order valence-electron chi connectivity index (χ0n) is 27.5. The quantitative estimate of drug-likeness (QED) is 0.133. The molecular weight excluding hydrogens is 638 g/mol. The fraction of sp³-hybridized carbons (Fsp3) is 0.256. The van der Waals surface area contributed by atoms with Gasteiger partial charge in [0.15, 0.2) is 6.10 Å². The van der Waals surface area contributed by atoms with E-state index in [1.54, 1.807) is 49.4 Å². The molecule has 2 N–H and O–H groups in total. The molecule has 0 aromatic heterocycles. The minimum Gasteiger partial charge on any atom is -0.460 e.